The number of nitrogens with one attached hydrogen (secondary N) is 2. The maximum Gasteiger partial charge on any atom is 1.00 e. The van der Waals surface area contributed by atoms with E-state index in [9.17, 15) is 13.2 Å². The van der Waals surface area contributed by atoms with Gasteiger partial charge in [0.05, 0.1) is 4.90 Å². The third-order valence-corrected chi connectivity index (χ3v) is 3.72. The molecule has 2 N–H and O–H groups in total. The first-order valence-electron chi connectivity index (χ1n) is 5.83. The summed E-state index contributed by atoms with van der Waals surface area (Å²) in [6.45, 7) is 4.32. The fourth-order valence-electron chi connectivity index (χ4n) is 1.31. The molecule has 0 aliphatic rings. The summed E-state index contributed by atoms with van der Waals surface area (Å²) in [4.78, 5) is 11.5. The van der Waals surface area contributed by atoms with Crippen molar-refractivity contribution in [1.29, 1.82) is 0 Å². The molecule has 0 aliphatic carbocycles. The standard InChI is InChI=1S/C12H18N2O3S.Na/c1-3-4-9-13-12(15)14-18(16,17)11-7-5-10(2)6-8-11;/h5-8H,3-4,9H2,1-2H3,(H2,13,14,15);/q;+1. The van der Waals surface area contributed by atoms with E-state index < -0.39 is 16.1 Å². The number of aryl methyl sites for hydroxylation is 1. The average Bonchev–Trinajstić information content (AvgIpc) is 2.29. The van der Waals surface area contributed by atoms with Crippen LogP contribution in [0.1, 0.15) is 25.3 Å². The predicted octanol–water partition coefficient (Wildman–Crippen LogP) is -1.21. The van der Waals surface area contributed by atoms with E-state index in [-0.39, 0.29) is 34.5 Å². The first-order chi connectivity index (χ1) is 8.45. The molecule has 1 rings (SSSR count). The van der Waals surface area contributed by atoms with Crippen molar-refractivity contribution in [2.45, 2.75) is 31.6 Å². The molecule has 0 spiro atoms. The molecule has 0 aromatic heterocycles. The molecule has 19 heavy (non-hydrogen) atoms. The van der Waals surface area contributed by atoms with Crippen LogP contribution in [0.5, 0.6) is 0 Å². The number of amides is 2. The second kappa shape index (κ2) is 8.58. The van der Waals surface area contributed by atoms with Gasteiger partial charge in [-0.2, -0.15) is 0 Å². The summed E-state index contributed by atoms with van der Waals surface area (Å²) in [5.74, 6) is 0. The molecule has 0 bridgehead atoms. The monoisotopic (exact) mass is 293 g/mol. The SMILES string of the molecule is CCCCNC(=O)NS(=O)(=O)c1ccc(C)cc1.[Na+]. The van der Waals surface area contributed by atoms with E-state index in [0.29, 0.717) is 6.54 Å². The van der Waals surface area contributed by atoms with Crippen molar-refractivity contribution in [1.82, 2.24) is 10.0 Å². The summed E-state index contributed by atoms with van der Waals surface area (Å²) < 4.78 is 25.6. The zero-order chi connectivity index (χ0) is 13.6. The van der Waals surface area contributed by atoms with Gasteiger partial charge in [0, 0.05) is 6.54 Å². The minimum absolute atomic E-state index is 0. The van der Waals surface area contributed by atoms with Gasteiger partial charge in [0.25, 0.3) is 10.0 Å². The predicted molar refractivity (Wildman–Crippen MR) is 69.8 cm³/mol. The largest absolute Gasteiger partial charge is 1.00 e. The molecule has 0 radical (unpaired) electrons. The van der Waals surface area contributed by atoms with Crippen molar-refractivity contribution < 1.29 is 42.8 Å². The number of hydrogen-bond acceptors (Lipinski definition) is 3. The number of benzene rings is 1. The Morgan fingerprint density at radius 3 is 2.32 bits per heavy atom. The Kier molecular flexibility index (Phi) is 8.33. The summed E-state index contributed by atoms with van der Waals surface area (Å²) in [7, 11) is -3.78. The Hall–Kier alpha value is -0.560. The van der Waals surface area contributed by atoms with E-state index in [1.165, 1.54) is 12.1 Å². The van der Waals surface area contributed by atoms with Gasteiger partial charge in [-0.3, -0.25) is 0 Å². The van der Waals surface area contributed by atoms with Crippen LogP contribution >= 0.6 is 0 Å². The number of carbonyl (C=O) groups is 1. The van der Waals surface area contributed by atoms with Crippen molar-refractivity contribution in [2.75, 3.05) is 6.54 Å². The van der Waals surface area contributed by atoms with E-state index >= 15 is 0 Å². The topological polar surface area (TPSA) is 75.3 Å². The molecule has 7 heteroatoms. The van der Waals surface area contributed by atoms with Crippen LogP contribution in [0.4, 0.5) is 4.79 Å². The summed E-state index contributed by atoms with van der Waals surface area (Å²) in [5.41, 5.74) is 0.960. The van der Waals surface area contributed by atoms with E-state index in [4.69, 9.17) is 0 Å². The zero-order valence-corrected chi connectivity index (χ0v) is 14.4. The summed E-state index contributed by atoms with van der Waals surface area (Å²) in [6, 6.07) is 5.62. The number of rotatable bonds is 5. The Morgan fingerprint density at radius 2 is 1.79 bits per heavy atom. The van der Waals surface area contributed by atoms with Crippen LogP contribution < -0.4 is 39.6 Å². The van der Waals surface area contributed by atoms with Gasteiger partial charge in [-0.15, -0.1) is 0 Å². The second-order valence-corrected chi connectivity index (χ2v) is 5.71. The number of sulfonamides is 1. The maximum absolute atomic E-state index is 11.8. The Balaban J connectivity index is 0.00000324. The molecule has 0 atom stereocenters. The molecule has 0 saturated heterocycles. The average molecular weight is 293 g/mol. The van der Waals surface area contributed by atoms with Gasteiger partial charge in [-0.25, -0.2) is 17.9 Å². The van der Waals surface area contributed by atoms with Gasteiger partial charge in [0.1, 0.15) is 0 Å². The molecule has 0 heterocycles. The van der Waals surface area contributed by atoms with Crippen molar-refractivity contribution in [3.8, 4) is 0 Å². The molecule has 0 fully saturated rings. The Labute approximate surface area is 136 Å². The quantitative estimate of drug-likeness (QED) is 0.528. The Bertz CT molecular complexity index is 500. The minimum atomic E-state index is -3.78. The normalized spacial score (nSPS) is 10.4. The van der Waals surface area contributed by atoms with Gasteiger partial charge in [0.15, 0.2) is 0 Å². The second-order valence-electron chi connectivity index (χ2n) is 4.03. The van der Waals surface area contributed by atoms with Crippen LogP contribution in [0.25, 0.3) is 0 Å². The Morgan fingerprint density at radius 1 is 1.21 bits per heavy atom. The number of carbonyl (C=O) groups excluding carboxylic acids is 1. The van der Waals surface area contributed by atoms with Gasteiger partial charge in [-0.05, 0) is 25.5 Å². The zero-order valence-electron chi connectivity index (χ0n) is 11.6. The van der Waals surface area contributed by atoms with Crippen molar-refractivity contribution in [3.63, 3.8) is 0 Å². The summed E-state index contributed by atoms with van der Waals surface area (Å²) >= 11 is 0. The smallest absolute Gasteiger partial charge is 0.337 e. The van der Waals surface area contributed by atoms with Gasteiger partial charge >= 0.3 is 35.6 Å². The van der Waals surface area contributed by atoms with Crippen molar-refractivity contribution in [3.05, 3.63) is 29.8 Å². The number of hydrogen-bond donors (Lipinski definition) is 2. The molecular weight excluding hydrogens is 275 g/mol. The maximum atomic E-state index is 11.8. The molecule has 0 saturated carbocycles. The summed E-state index contributed by atoms with van der Waals surface area (Å²) in [6.07, 6.45) is 1.75. The molecule has 5 nitrogen and oxygen atoms in total. The molecule has 100 valence electrons. The molecular formula is C12H18N2NaO3S+. The number of urea groups is 1. The molecule has 0 aliphatic heterocycles. The van der Waals surface area contributed by atoms with E-state index in [0.717, 1.165) is 18.4 Å². The van der Waals surface area contributed by atoms with E-state index in [1.54, 1.807) is 12.1 Å². The fourth-order valence-corrected chi connectivity index (χ4v) is 2.24. The third-order valence-electron chi connectivity index (χ3n) is 2.37. The third kappa shape index (κ3) is 6.42. The van der Waals surface area contributed by atoms with Gasteiger partial charge in [-0.1, -0.05) is 31.0 Å². The van der Waals surface area contributed by atoms with Crippen molar-refractivity contribution >= 4 is 16.1 Å². The molecule has 0 unspecified atom stereocenters. The van der Waals surface area contributed by atoms with Crippen LogP contribution in [-0.2, 0) is 10.0 Å². The molecule has 1 aromatic rings. The van der Waals surface area contributed by atoms with Gasteiger partial charge < -0.3 is 5.32 Å². The summed E-state index contributed by atoms with van der Waals surface area (Å²) in [5, 5.41) is 2.49. The van der Waals surface area contributed by atoms with Crippen LogP contribution in [0.15, 0.2) is 29.2 Å². The molecule has 2 amide bonds. The van der Waals surface area contributed by atoms with Crippen LogP contribution in [-0.4, -0.2) is 21.0 Å². The first-order valence-corrected chi connectivity index (χ1v) is 7.31. The van der Waals surface area contributed by atoms with Crippen LogP contribution in [0, 0.1) is 6.92 Å². The van der Waals surface area contributed by atoms with Crippen LogP contribution in [0.3, 0.4) is 0 Å². The van der Waals surface area contributed by atoms with E-state index in [2.05, 4.69) is 5.32 Å². The number of unbranched alkanes of at least 4 members (excludes halogenated alkanes) is 1. The minimum Gasteiger partial charge on any atom is -0.337 e. The molecule has 1 aromatic carbocycles. The van der Waals surface area contributed by atoms with Crippen LogP contribution in [0.2, 0.25) is 0 Å². The van der Waals surface area contributed by atoms with E-state index in [1.807, 2.05) is 18.6 Å². The first kappa shape index (κ1) is 18.4. The van der Waals surface area contributed by atoms with Gasteiger partial charge in [0.2, 0.25) is 0 Å². The fraction of sp³-hybridized carbons (Fsp3) is 0.417. The van der Waals surface area contributed by atoms with Crippen molar-refractivity contribution in [2.24, 2.45) is 0 Å².